The highest BCUT2D eigenvalue weighted by Gasteiger charge is 2.09. The molecular formula is C22H26. The minimum Gasteiger partial charge on any atom is -0.0808 e. The smallest absolute Gasteiger partial charge is 0.0205 e. The van der Waals surface area contributed by atoms with Crippen LogP contribution in [-0.2, 0) is 0 Å². The van der Waals surface area contributed by atoms with Crippen LogP contribution in [0, 0.1) is 5.92 Å². The van der Waals surface area contributed by atoms with Crippen LogP contribution in [0.15, 0.2) is 90.1 Å². The summed E-state index contributed by atoms with van der Waals surface area (Å²) in [5.74, 6) is 1.04. The van der Waals surface area contributed by atoms with Gasteiger partial charge in [-0.15, -0.1) is 0 Å². The van der Waals surface area contributed by atoms with E-state index in [4.69, 9.17) is 0 Å². The molecule has 22 heavy (non-hydrogen) atoms. The van der Waals surface area contributed by atoms with Gasteiger partial charge in [-0.05, 0) is 29.0 Å². The molecule has 0 saturated heterocycles. The molecule has 0 amide bonds. The van der Waals surface area contributed by atoms with Gasteiger partial charge in [-0.2, -0.15) is 0 Å². The lowest BCUT2D eigenvalue weighted by atomic mass is 9.93. The Bertz CT molecular complexity index is 609. The third-order valence-electron chi connectivity index (χ3n) is 3.91. The zero-order valence-corrected chi connectivity index (χ0v) is 13.9. The number of hydrogen-bond donors (Lipinski definition) is 0. The number of rotatable bonds is 2. The second-order valence-corrected chi connectivity index (χ2v) is 5.53. The van der Waals surface area contributed by atoms with Crippen molar-refractivity contribution < 1.29 is 0 Å². The average molecular weight is 290 g/mol. The zero-order chi connectivity index (χ0) is 15.8. The normalized spacial score (nSPS) is 23.0. The lowest BCUT2D eigenvalue weighted by Gasteiger charge is -2.12. The van der Waals surface area contributed by atoms with Gasteiger partial charge in [-0.1, -0.05) is 99.7 Å². The third kappa shape index (κ3) is 4.21. The van der Waals surface area contributed by atoms with Crippen LogP contribution in [0.25, 0.3) is 0 Å². The molecule has 0 fully saturated rings. The van der Waals surface area contributed by atoms with Gasteiger partial charge in [-0.25, -0.2) is 0 Å². The number of hydrogen-bond acceptors (Lipinski definition) is 0. The van der Waals surface area contributed by atoms with E-state index >= 15 is 0 Å². The van der Waals surface area contributed by atoms with Crippen molar-refractivity contribution in [1.82, 2.24) is 0 Å². The Morgan fingerprint density at radius 1 is 0.864 bits per heavy atom. The monoisotopic (exact) mass is 290 g/mol. The summed E-state index contributed by atoms with van der Waals surface area (Å²) in [5, 5.41) is 0. The van der Waals surface area contributed by atoms with Crippen LogP contribution in [0.2, 0.25) is 0 Å². The highest BCUT2D eigenvalue weighted by molar-refractivity contribution is 5.51. The van der Waals surface area contributed by atoms with Crippen molar-refractivity contribution in [3.8, 4) is 0 Å². The number of benzene rings is 1. The Labute approximate surface area is 135 Å². The van der Waals surface area contributed by atoms with E-state index in [1.165, 1.54) is 16.7 Å². The lowest BCUT2D eigenvalue weighted by Crippen LogP contribution is -1.95. The molecule has 2 atom stereocenters. The molecule has 0 saturated carbocycles. The largest absolute Gasteiger partial charge is 0.0808 e. The molecule has 114 valence electrons. The quantitative estimate of drug-likeness (QED) is 0.593. The minimum atomic E-state index is 0.372. The summed E-state index contributed by atoms with van der Waals surface area (Å²) in [7, 11) is 0. The van der Waals surface area contributed by atoms with Gasteiger partial charge < -0.3 is 0 Å². The fourth-order valence-corrected chi connectivity index (χ4v) is 2.64. The van der Waals surface area contributed by atoms with Crippen LogP contribution in [-0.4, -0.2) is 0 Å². The van der Waals surface area contributed by atoms with Gasteiger partial charge in [0.25, 0.3) is 0 Å². The first-order chi connectivity index (χ1) is 10.8. The van der Waals surface area contributed by atoms with Gasteiger partial charge in [0.1, 0.15) is 0 Å². The van der Waals surface area contributed by atoms with Crippen LogP contribution in [0.1, 0.15) is 38.7 Å². The summed E-state index contributed by atoms with van der Waals surface area (Å²) in [5.41, 5.74) is 4.00. The topological polar surface area (TPSA) is 0 Å². The standard InChI is InChI=1S/C20H20.C2H6/c1-16-10-12-20(13-11-16)19-9-5-8-18(14-15-19)17-6-3-2-4-7-17;1-2/h2-10,12-16,18H,11H2,1H3;1-2H3. The Morgan fingerprint density at radius 3 is 2.27 bits per heavy atom. The Kier molecular flexibility index (Phi) is 6.21. The van der Waals surface area contributed by atoms with Gasteiger partial charge >= 0.3 is 0 Å². The summed E-state index contributed by atoms with van der Waals surface area (Å²) in [6.45, 7) is 6.26. The first-order valence-corrected chi connectivity index (χ1v) is 8.33. The van der Waals surface area contributed by atoms with Gasteiger partial charge in [0.05, 0.1) is 0 Å². The molecule has 0 bridgehead atoms. The van der Waals surface area contributed by atoms with Crippen molar-refractivity contribution in [2.24, 2.45) is 5.92 Å². The fraction of sp³-hybridized carbons (Fsp3) is 0.273. The molecular weight excluding hydrogens is 264 g/mol. The molecule has 0 aromatic heterocycles. The molecule has 0 N–H and O–H groups in total. The Balaban J connectivity index is 0.000000847. The first-order valence-electron chi connectivity index (χ1n) is 8.33. The SMILES string of the molecule is CC.CC1C=CC(C2=CC=CC(c3ccccc3)C=C2)=CC1. The van der Waals surface area contributed by atoms with Gasteiger partial charge in [0.15, 0.2) is 0 Å². The molecule has 0 aliphatic heterocycles. The van der Waals surface area contributed by atoms with Crippen molar-refractivity contribution in [3.05, 3.63) is 95.6 Å². The lowest BCUT2D eigenvalue weighted by molar-refractivity contribution is 0.732. The van der Waals surface area contributed by atoms with Crippen molar-refractivity contribution in [2.75, 3.05) is 0 Å². The molecule has 0 spiro atoms. The summed E-state index contributed by atoms with van der Waals surface area (Å²) in [4.78, 5) is 0. The Hall–Kier alpha value is -2.08. The van der Waals surface area contributed by atoms with Crippen LogP contribution in [0.4, 0.5) is 0 Å². The minimum absolute atomic E-state index is 0.372. The van der Waals surface area contributed by atoms with E-state index in [2.05, 4.69) is 85.9 Å². The van der Waals surface area contributed by atoms with E-state index in [1.54, 1.807) is 0 Å². The molecule has 0 nitrogen and oxygen atoms in total. The summed E-state index contributed by atoms with van der Waals surface area (Å²) in [6.07, 6.45) is 19.2. The maximum atomic E-state index is 2.34. The van der Waals surface area contributed by atoms with Crippen molar-refractivity contribution >= 4 is 0 Å². The fourth-order valence-electron chi connectivity index (χ4n) is 2.64. The van der Waals surface area contributed by atoms with Crippen LogP contribution < -0.4 is 0 Å². The zero-order valence-electron chi connectivity index (χ0n) is 13.9. The molecule has 1 aromatic rings. The summed E-state index contributed by atoms with van der Waals surface area (Å²) >= 11 is 0. The van der Waals surface area contributed by atoms with Gasteiger partial charge in [0.2, 0.25) is 0 Å². The van der Waals surface area contributed by atoms with E-state index < -0.39 is 0 Å². The average Bonchev–Trinajstić information content (AvgIpc) is 2.84. The molecule has 0 radical (unpaired) electrons. The Morgan fingerprint density at radius 2 is 1.59 bits per heavy atom. The predicted molar refractivity (Wildman–Crippen MR) is 97.9 cm³/mol. The first kappa shape index (κ1) is 16.3. The summed E-state index contributed by atoms with van der Waals surface area (Å²) in [6, 6.07) is 10.6. The van der Waals surface area contributed by atoms with Crippen molar-refractivity contribution in [3.63, 3.8) is 0 Å². The van der Waals surface area contributed by atoms with E-state index in [0.29, 0.717) is 11.8 Å². The second kappa shape index (κ2) is 8.38. The molecule has 3 rings (SSSR count). The number of allylic oxidation sites excluding steroid dienone is 10. The van der Waals surface area contributed by atoms with Crippen molar-refractivity contribution in [1.29, 1.82) is 0 Å². The molecule has 1 aromatic carbocycles. The maximum absolute atomic E-state index is 2.34. The highest BCUT2D eigenvalue weighted by atomic mass is 14.1. The molecule has 0 heterocycles. The second-order valence-electron chi connectivity index (χ2n) is 5.53. The van der Waals surface area contributed by atoms with E-state index in [0.717, 1.165) is 6.42 Å². The van der Waals surface area contributed by atoms with Crippen LogP contribution >= 0.6 is 0 Å². The molecule has 0 heteroatoms. The molecule has 2 aliphatic carbocycles. The predicted octanol–water partition coefficient (Wildman–Crippen LogP) is 6.37. The molecule has 2 unspecified atom stereocenters. The van der Waals surface area contributed by atoms with E-state index in [-0.39, 0.29) is 0 Å². The van der Waals surface area contributed by atoms with Crippen LogP contribution in [0.5, 0.6) is 0 Å². The van der Waals surface area contributed by atoms with Gasteiger partial charge in [-0.3, -0.25) is 0 Å². The highest BCUT2D eigenvalue weighted by Crippen LogP contribution is 2.27. The van der Waals surface area contributed by atoms with Crippen molar-refractivity contribution in [2.45, 2.75) is 33.1 Å². The van der Waals surface area contributed by atoms with Gasteiger partial charge in [0, 0.05) is 5.92 Å². The molecule has 2 aliphatic rings. The summed E-state index contributed by atoms with van der Waals surface area (Å²) < 4.78 is 0. The van der Waals surface area contributed by atoms with E-state index in [1.807, 2.05) is 13.8 Å². The maximum Gasteiger partial charge on any atom is 0.0205 e. The van der Waals surface area contributed by atoms with E-state index in [9.17, 15) is 0 Å². The third-order valence-corrected chi connectivity index (χ3v) is 3.91. The van der Waals surface area contributed by atoms with Crippen LogP contribution in [0.3, 0.4) is 0 Å².